The van der Waals surface area contributed by atoms with E-state index in [4.69, 9.17) is 0 Å². The lowest BCUT2D eigenvalue weighted by Crippen LogP contribution is -2.66. The second-order valence-corrected chi connectivity index (χ2v) is 6.44. The molecular weight excluding hydrogens is 390 g/mol. The molecule has 0 rings (SSSR count). The number of carbonyl (C=O) groups is 1. The van der Waals surface area contributed by atoms with Crippen LogP contribution in [0.25, 0.3) is 0 Å². The van der Waals surface area contributed by atoms with Gasteiger partial charge >= 0.3 is 35.6 Å². The zero-order valence-corrected chi connectivity index (χ0v) is 14.2. The van der Waals surface area contributed by atoms with Gasteiger partial charge in [-0.2, -0.15) is 43.9 Å². The van der Waals surface area contributed by atoms with E-state index >= 15 is 0 Å². The van der Waals surface area contributed by atoms with Crippen LogP contribution in [0.3, 0.4) is 0 Å². The van der Waals surface area contributed by atoms with Crippen LogP contribution in [0.1, 0.15) is 40.5 Å². The normalized spacial score (nSPS) is 15.2. The fourth-order valence-corrected chi connectivity index (χ4v) is 1.47. The highest BCUT2D eigenvalue weighted by Gasteiger charge is 2.84. The third-order valence-electron chi connectivity index (χ3n) is 3.89. The molecule has 0 bridgehead atoms. The fraction of sp³-hybridized carbons (Fsp3) is 0.929. The quantitative estimate of drug-likeness (QED) is 0.369. The van der Waals surface area contributed by atoms with Crippen molar-refractivity contribution in [2.75, 3.05) is 6.61 Å². The summed E-state index contributed by atoms with van der Waals surface area (Å²) in [5.74, 6) is -33.3. The molecule has 0 unspecified atom stereocenters. The van der Waals surface area contributed by atoms with Crippen molar-refractivity contribution in [1.82, 2.24) is 0 Å². The Morgan fingerprint density at radius 1 is 0.769 bits per heavy atom. The highest BCUT2D eigenvalue weighted by molar-refractivity contribution is 5.75. The van der Waals surface area contributed by atoms with Crippen molar-refractivity contribution >= 4 is 5.97 Å². The highest BCUT2D eigenvalue weighted by Crippen LogP contribution is 2.57. The van der Waals surface area contributed by atoms with Gasteiger partial charge in [0.05, 0.1) is 18.4 Å². The largest absolute Gasteiger partial charge is 0.465 e. The minimum Gasteiger partial charge on any atom is -0.465 e. The Balaban J connectivity index is 5.41. The Hall–Kier alpha value is -1.23. The molecule has 0 N–H and O–H groups in total. The number of hydrogen-bond acceptors (Lipinski definition) is 2. The predicted octanol–water partition coefficient (Wildman–Crippen LogP) is 5.55. The van der Waals surface area contributed by atoms with Gasteiger partial charge in [0.15, 0.2) is 0 Å². The summed E-state index contributed by atoms with van der Waals surface area (Å²) in [7, 11) is 0. The summed E-state index contributed by atoms with van der Waals surface area (Å²) in [6, 6.07) is 0. The molecule has 0 aliphatic heterocycles. The van der Waals surface area contributed by atoms with Crippen molar-refractivity contribution in [2.45, 2.75) is 70.1 Å². The van der Waals surface area contributed by atoms with Crippen molar-refractivity contribution in [1.29, 1.82) is 0 Å². The molecule has 0 fully saturated rings. The Bertz CT molecular complexity index is 508. The van der Waals surface area contributed by atoms with Gasteiger partial charge in [0.2, 0.25) is 0 Å². The molecule has 0 saturated heterocycles. The number of rotatable bonds is 9. The molecule has 0 aliphatic rings. The summed E-state index contributed by atoms with van der Waals surface area (Å²) in [5, 5.41) is 0. The van der Waals surface area contributed by atoms with Crippen LogP contribution in [0, 0.1) is 5.41 Å². The van der Waals surface area contributed by atoms with Gasteiger partial charge in [-0.05, 0) is 20.3 Å². The van der Waals surface area contributed by atoms with E-state index in [9.17, 15) is 48.7 Å². The highest BCUT2D eigenvalue weighted by atomic mass is 19.4. The van der Waals surface area contributed by atoms with E-state index in [1.165, 1.54) is 20.8 Å². The first kappa shape index (κ1) is 24.8. The van der Waals surface area contributed by atoms with Crippen LogP contribution < -0.4 is 0 Å². The lowest BCUT2D eigenvalue weighted by molar-refractivity contribution is -0.399. The summed E-state index contributed by atoms with van der Waals surface area (Å²) in [6.07, 6.45) is -2.11. The zero-order chi connectivity index (χ0) is 21.4. The molecule has 0 saturated carbocycles. The third kappa shape index (κ3) is 4.19. The molecule has 12 heteroatoms. The maximum atomic E-state index is 13.4. The first-order chi connectivity index (χ1) is 11.2. The van der Waals surface area contributed by atoms with Gasteiger partial charge < -0.3 is 4.74 Å². The van der Waals surface area contributed by atoms with E-state index in [2.05, 4.69) is 4.74 Å². The Morgan fingerprint density at radius 2 is 1.19 bits per heavy atom. The molecule has 2 nitrogen and oxygen atoms in total. The lowest BCUT2D eigenvalue weighted by Gasteiger charge is -2.38. The number of hydrogen-bond donors (Lipinski definition) is 0. The van der Waals surface area contributed by atoms with Crippen LogP contribution >= 0.6 is 0 Å². The van der Waals surface area contributed by atoms with Crippen LogP contribution in [0.2, 0.25) is 0 Å². The summed E-state index contributed by atoms with van der Waals surface area (Å²) in [6.45, 7) is 1.84. The SMILES string of the molecule is CCC(C)(C)C(=O)OCCC(F)(F)C(F)(F)C(F)(F)C(F)(F)C(C)(F)F. The van der Waals surface area contributed by atoms with Crippen LogP contribution in [-0.4, -0.2) is 42.2 Å². The van der Waals surface area contributed by atoms with Crippen molar-refractivity contribution < 1.29 is 53.4 Å². The number of carbonyl (C=O) groups excluding carboxylic acids is 1. The molecule has 0 aromatic heterocycles. The van der Waals surface area contributed by atoms with Crippen LogP contribution in [0.4, 0.5) is 43.9 Å². The minimum atomic E-state index is -7.07. The van der Waals surface area contributed by atoms with Gasteiger partial charge in [0, 0.05) is 6.92 Å². The number of ether oxygens (including phenoxy) is 1. The second-order valence-electron chi connectivity index (χ2n) is 6.44. The van der Waals surface area contributed by atoms with E-state index in [0.717, 1.165) is 0 Å². The Labute approximate surface area is 142 Å². The Kier molecular flexibility index (Phi) is 6.73. The molecule has 0 amide bonds. The molecule has 0 aromatic carbocycles. The monoisotopic (exact) mass is 408 g/mol. The molecule has 0 aliphatic carbocycles. The number of esters is 1. The molecule has 0 heterocycles. The minimum absolute atomic E-state index is 0.161. The molecule has 26 heavy (non-hydrogen) atoms. The maximum absolute atomic E-state index is 13.4. The van der Waals surface area contributed by atoms with Gasteiger partial charge in [0.25, 0.3) is 0 Å². The first-order valence-corrected chi connectivity index (χ1v) is 7.25. The van der Waals surface area contributed by atoms with Gasteiger partial charge in [-0.25, -0.2) is 0 Å². The number of alkyl halides is 10. The molecule has 0 atom stereocenters. The van der Waals surface area contributed by atoms with Crippen molar-refractivity contribution in [3.8, 4) is 0 Å². The zero-order valence-electron chi connectivity index (χ0n) is 14.2. The summed E-state index contributed by atoms with van der Waals surface area (Å²) in [5.41, 5.74) is -1.20. The van der Waals surface area contributed by atoms with Gasteiger partial charge in [-0.1, -0.05) is 6.92 Å². The summed E-state index contributed by atoms with van der Waals surface area (Å²) < 4.78 is 135. The van der Waals surface area contributed by atoms with E-state index in [1.54, 1.807) is 0 Å². The van der Waals surface area contributed by atoms with Gasteiger partial charge in [0.1, 0.15) is 0 Å². The topological polar surface area (TPSA) is 26.3 Å². The van der Waals surface area contributed by atoms with Crippen molar-refractivity contribution in [3.05, 3.63) is 0 Å². The summed E-state index contributed by atoms with van der Waals surface area (Å²) >= 11 is 0. The lowest BCUT2D eigenvalue weighted by atomic mass is 9.90. The smallest absolute Gasteiger partial charge is 0.384 e. The van der Waals surface area contributed by atoms with Gasteiger partial charge in [-0.15, -0.1) is 0 Å². The standard InChI is InChI=1S/C14H18F10O2/c1-5-9(2,3)8(25)26-7-6-11(17,18)13(21,22)14(23,24)12(19,20)10(4,15)16/h5-7H2,1-4H3. The molecule has 0 radical (unpaired) electrons. The van der Waals surface area contributed by atoms with E-state index in [0.29, 0.717) is 0 Å². The Morgan fingerprint density at radius 3 is 1.54 bits per heavy atom. The van der Waals surface area contributed by atoms with Crippen LogP contribution in [0.15, 0.2) is 0 Å². The summed E-state index contributed by atoms with van der Waals surface area (Å²) in [4.78, 5) is 11.5. The van der Waals surface area contributed by atoms with Crippen LogP contribution in [0.5, 0.6) is 0 Å². The average Bonchev–Trinajstić information content (AvgIpc) is 2.44. The van der Waals surface area contributed by atoms with E-state index in [1.807, 2.05) is 0 Å². The van der Waals surface area contributed by atoms with Crippen molar-refractivity contribution in [2.24, 2.45) is 5.41 Å². The predicted molar refractivity (Wildman–Crippen MR) is 70.1 cm³/mol. The molecule has 156 valence electrons. The average molecular weight is 408 g/mol. The molecule has 0 aromatic rings. The molecular formula is C14H18F10O2. The second kappa shape index (κ2) is 7.06. The maximum Gasteiger partial charge on any atom is 0.384 e. The van der Waals surface area contributed by atoms with Crippen LogP contribution in [-0.2, 0) is 9.53 Å². The van der Waals surface area contributed by atoms with Gasteiger partial charge in [-0.3, -0.25) is 4.79 Å². The third-order valence-corrected chi connectivity index (χ3v) is 3.89. The first-order valence-electron chi connectivity index (χ1n) is 7.25. The fourth-order valence-electron chi connectivity index (χ4n) is 1.47. The van der Waals surface area contributed by atoms with E-state index < -0.39 is 60.9 Å². The molecule has 0 spiro atoms. The van der Waals surface area contributed by atoms with E-state index in [-0.39, 0.29) is 6.42 Å². The van der Waals surface area contributed by atoms with Crippen molar-refractivity contribution in [3.63, 3.8) is 0 Å². The number of halogens is 10.